The highest BCUT2D eigenvalue weighted by molar-refractivity contribution is 6.01. The number of aromatic nitrogens is 2. The van der Waals surface area contributed by atoms with Crippen LogP contribution in [0.2, 0.25) is 0 Å². The maximum absolute atomic E-state index is 11.7. The fourth-order valence-corrected chi connectivity index (χ4v) is 1.79. The molecule has 7 nitrogen and oxygen atoms in total. The van der Waals surface area contributed by atoms with Crippen LogP contribution >= 0.6 is 0 Å². The number of carbonyl (C=O) groups is 1. The minimum atomic E-state index is -0.479. The second-order valence-electron chi connectivity index (χ2n) is 4.01. The van der Waals surface area contributed by atoms with Crippen LogP contribution in [0.3, 0.4) is 0 Å². The third-order valence-corrected chi connectivity index (χ3v) is 2.66. The number of fused-ring (bicyclic) bond motifs is 1. The molecule has 0 bridgehead atoms. The molecule has 2 rings (SSSR count). The van der Waals surface area contributed by atoms with Crippen LogP contribution in [0.15, 0.2) is 27.8 Å². The average Bonchev–Trinajstić information content (AvgIpc) is 2.41. The maximum atomic E-state index is 11.7. The first kappa shape index (κ1) is 13.0. The average molecular weight is 263 g/mol. The van der Waals surface area contributed by atoms with E-state index in [0.717, 1.165) is 0 Å². The van der Waals surface area contributed by atoms with Gasteiger partial charge in [0.05, 0.1) is 16.5 Å². The highest BCUT2D eigenvalue weighted by atomic mass is 16.3. The number of carbonyl (C=O) groups excluding carboxylic acids is 1. The molecule has 2 aromatic rings. The summed E-state index contributed by atoms with van der Waals surface area (Å²) in [5, 5.41) is 16.0. The molecule has 0 spiro atoms. The van der Waals surface area contributed by atoms with Gasteiger partial charge < -0.3 is 10.4 Å². The lowest BCUT2D eigenvalue weighted by Crippen LogP contribution is -2.21. The molecule has 1 aromatic carbocycles. The zero-order valence-corrected chi connectivity index (χ0v) is 10.0. The summed E-state index contributed by atoms with van der Waals surface area (Å²) in [6, 6.07) is 4.64. The van der Waals surface area contributed by atoms with E-state index < -0.39 is 11.1 Å². The first-order valence-corrected chi connectivity index (χ1v) is 5.78. The Morgan fingerprint density at radius 2 is 1.95 bits per heavy atom. The summed E-state index contributed by atoms with van der Waals surface area (Å²) in [6.07, 6.45) is 0.488. The van der Waals surface area contributed by atoms with Crippen LogP contribution in [0.25, 0.3) is 10.8 Å². The first-order valence-electron chi connectivity index (χ1n) is 5.78. The summed E-state index contributed by atoms with van der Waals surface area (Å²) in [5.41, 5.74) is -0.624. The molecule has 0 unspecified atom stereocenters. The van der Waals surface area contributed by atoms with Crippen molar-refractivity contribution in [2.24, 2.45) is 0 Å². The van der Waals surface area contributed by atoms with E-state index in [4.69, 9.17) is 5.11 Å². The standard InChI is InChI=1S/C12H13N3O4/c16-6-2-5-9(17)13-8-4-1-3-7-10(8)12(19)15-14-11(7)18/h1,3-4,16H,2,5-6H2,(H,13,17)(H,14,18)(H,15,19). The van der Waals surface area contributed by atoms with Gasteiger partial charge in [0.25, 0.3) is 11.1 Å². The number of benzene rings is 1. The number of anilines is 1. The van der Waals surface area contributed by atoms with Gasteiger partial charge in [-0.1, -0.05) is 6.07 Å². The molecule has 19 heavy (non-hydrogen) atoms. The third kappa shape index (κ3) is 2.71. The van der Waals surface area contributed by atoms with Crippen LogP contribution in [0.4, 0.5) is 5.69 Å². The molecule has 100 valence electrons. The molecular weight excluding hydrogens is 250 g/mol. The Kier molecular flexibility index (Phi) is 3.76. The number of nitrogens with one attached hydrogen (secondary N) is 3. The number of hydrogen-bond acceptors (Lipinski definition) is 4. The zero-order valence-electron chi connectivity index (χ0n) is 10.0. The van der Waals surface area contributed by atoms with Gasteiger partial charge >= 0.3 is 0 Å². The Hall–Kier alpha value is -2.41. The Morgan fingerprint density at radius 3 is 2.68 bits per heavy atom. The molecule has 0 aliphatic rings. The third-order valence-electron chi connectivity index (χ3n) is 2.66. The van der Waals surface area contributed by atoms with E-state index in [0.29, 0.717) is 6.42 Å². The van der Waals surface area contributed by atoms with Gasteiger partial charge in [-0.3, -0.25) is 24.6 Å². The number of H-pyrrole nitrogens is 2. The lowest BCUT2D eigenvalue weighted by molar-refractivity contribution is -0.116. The Morgan fingerprint density at radius 1 is 1.21 bits per heavy atom. The molecule has 7 heteroatoms. The molecule has 0 saturated heterocycles. The van der Waals surface area contributed by atoms with Crippen molar-refractivity contribution in [2.45, 2.75) is 12.8 Å². The van der Waals surface area contributed by atoms with E-state index in [1.807, 2.05) is 0 Å². The van der Waals surface area contributed by atoms with Crippen molar-refractivity contribution in [3.8, 4) is 0 Å². The van der Waals surface area contributed by atoms with E-state index >= 15 is 0 Å². The molecule has 0 aliphatic carbocycles. The normalized spacial score (nSPS) is 10.6. The van der Waals surface area contributed by atoms with E-state index in [-0.39, 0.29) is 35.4 Å². The minimum absolute atomic E-state index is 0.0801. The molecule has 1 aromatic heterocycles. The number of rotatable bonds is 4. The SMILES string of the molecule is O=C(CCCO)Nc1cccc2c(=O)[nH][nH]c(=O)c12. The number of aliphatic hydroxyl groups excluding tert-OH is 1. The summed E-state index contributed by atoms with van der Waals surface area (Å²) < 4.78 is 0. The van der Waals surface area contributed by atoms with Crippen LogP contribution in [0, 0.1) is 0 Å². The van der Waals surface area contributed by atoms with Gasteiger partial charge in [0.15, 0.2) is 0 Å². The predicted molar refractivity (Wildman–Crippen MR) is 70.1 cm³/mol. The van der Waals surface area contributed by atoms with Crippen molar-refractivity contribution in [3.05, 3.63) is 38.9 Å². The van der Waals surface area contributed by atoms with Gasteiger partial charge in [0.1, 0.15) is 0 Å². The van der Waals surface area contributed by atoms with Crippen LogP contribution in [0.1, 0.15) is 12.8 Å². The van der Waals surface area contributed by atoms with Crippen molar-refractivity contribution >= 4 is 22.4 Å². The summed E-state index contributed by atoms with van der Waals surface area (Å²) >= 11 is 0. The van der Waals surface area contributed by atoms with Gasteiger partial charge in [-0.25, -0.2) is 0 Å². The summed E-state index contributed by atoms with van der Waals surface area (Å²) in [6.45, 7) is -0.0801. The second kappa shape index (κ2) is 5.49. The monoisotopic (exact) mass is 263 g/mol. The Balaban J connectivity index is 2.44. The summed E-state index contributed by atoms with van der Waals surface area (Å²) in [7, 11) is 0. The molecule has 4 N–H and O–H groups in total. The van der Waals surface area contributed by atoms with Crippen molar-refractivity contribution < 1.29 is 9.90 Å². The molecule has 0 saturated carbocycles. The number of aliphatic hydroxyl groups is 1. The van der Waals surface area contributed by atoms with Crippen molar-refractivity contribution in [1.82, 2.24) is 10.2 Å². The van der Waals surface area contributed by atoms with Gasteiger partial charge in [-0.2, -0.15) is 0 Å². The van der Waals surface area contributed by atoms with E-state index in [1.54, 1.807) is 12.1 Å². The second-order valence-corrected chi connectivity index (χ2v) is 4.01. The Labute approximate surface area is 107 Å². The maximum Gasteiger partial charge on any atom is 0.272 e. The van der Waals surface area contributed by atoms with Crippen molar-refractivity contribution in [2.75, 3.05) is 11.9 Å². The molecule has 1 amide bonds. The van der Waals surface area contributed by atoms with Gasteiger partial charge in [0.2, 0.25) is 5.91 Å². The molecule has 0 aliphatic heterocycles. The lowest BCUT2D eigenvalue weighted by atomic mass is 10.1. The van der Waals surface area contributed by atoms with Crippen LogP contribution < -0.4 is 16.4 Å². The smallest absolute Gasteiger partial charge is 0.272 e. The molecule has 1 heterocycles. The quantitative estimate of drug-likeness (QED) is 0.617. The lowest BCUT2D eigenvalue weighted by Gasteiger charge is -2.07. The van der Waals surface area contributed by atoms with E-state index in [9.17, 15) is 14.4 Å². The highest BCUT2D eigenvalue weighted by Crippen LogP contribution is 2.16. The largest absolute Gasteiger partial charge is 0.396 e. The topological polar surface area (TPSA) is 115 Å². The first-order chi connectivity index (χ1) is 9.13. The molecule has 0 fully saturated rings. The van der Waals surface area contributed by atoms with Crippen molar-refractivity contribution in [1.29, 1.82) is 0 Å². The molecule has 0 radical (unpaired) electrons. The Bertz CT molecular complexity index is 717. The van der Waals surface area contributed by atoms with Crippen molar-refractivity contribution in [3.63, 3.8) is 0 Å². The zero-order chi connectivity index (χ0) is 13.8. The van der Waals surface area contributed by atoms with Crippen LogP contribution in [-0.4, -0.2) is 27.8 Å². The van der Waals surface area contributed by atoms with E-state index in [2.05, 4.69) is 15.5 Å². The molecular formula is C12H13N3O4. The minimum Gasteiger partial charge on any atom is -0.396 e. The van der Waals surface area contributed by atoms with Gasteiger partial charge in [-0.05, 0) is 18.6 Å². The van der Waals surface area contributed by atoms with Crippen LogP contribution in [0.5, 0.6) is 0 Å². The number of hydrogen-bond donors (Lipinski definition) is 4. The summed E-state index contributed by atoms with van der Waals surface area (Å²) in [4.78, 5) is 34.9. The number of aromatic amines is 2. The number of amides is 1. The molecule has 0 atom stereocenters. The fourth-order valence-electron chi connectivity index (χ4n) is 1.79. The van der Waals surface area contributed by atoms with Gasteiger partial charge in [-0.15, -0.1) is 0 Å². The fraction of sp³-hybridized carbons (Fsp3) is 0.250. The predicted octanol–water partition coefficient (Wildman–Crippen LogP) is -0.0726. The van der Waals surface area contributed by atoms with Gasteiger partial charge in [0, 0.05) is 13.0 Å². The highest BCUT2D eigenvalue weighted by Gasteiger charge is 2.10. The van der Waals surface area contributed by atoms with E-state index in [1.165, 1.54) is 6.07 Å². The summed E-state index contributed by atoms with van der Waals surface area (Å²) in [5.74, 6) is -0.318. The van der Waals surface area contributed by atoms with Crippen LogP contribution in [-0.2, 0) is 4.79 Å².